The number of hydrogen-bond donors (Lipinski definition) is 2. The number of nitrogens with one attached hydrogen (secondary N) is 1. The van der Waals surface area contributed by atoms with Gasteiger partial charge in [0.15, 0.2) is 17.3 Å². The van der Waals surface area contributed by atoms with Crippen molar-refractivity contribution < 1.29 is 14.6 Å². The molecule has 0 spiro atoms. The van der Waals surface area contributed by atoms with Crippen LogP contribution in [0.1, 0.15) is 30.9 Å². The maximum Gasteiger partial charge on any atom is 0.226 e. The summed E-state index contributed by atoms with van der Waals surface area (Å²) in [4.78, 5) is 16.7. The third kappa shape index (κ3) is 2.08. The smallest absolute Gasteiger partial charge is 0.226 e. The third-order valence-corrected chi connectivity index (χ3v) is 4.33. The van der Waals surface area contributed by atoms with Gasteiger partial charge in [0.25, 0.3) is 0 Å². The van der Waals surface area contributed by atoms with E-state index in [1.165, 1.54) is 13.4 Å². The Kier molecular flexibility index (Phi) is 3.07. The molecule has 4 rings (SSSR count). The second-order valence-electron chi connectivity index (χ2n) is 5.66. The van der Waals surface area contributed by atoms with Crippen LogP contribution in [0.3, 0.4) is 0 Å². The molecule has 2 heterocycles. The Morgan fingerprint density at radius 1 is 1.39 bits per heavy atom. The number of ketones is 1. The van der Waals surface area contributed by atoms with Gasteiger partial charge in [-0.15, -0.1) is 0 Å². The molecule has 0 bridgehead atoms. The lowest BCUT2D eigenvalue weighted by molar-refractivity contribution is -0.116. The van der Waals surface area contributed by atoms with Gasteiger partial charge in [0.1, 0.15) is 12.4 Å². The van der Waals surface area contributed by atoms with Crippen LogP contribution >= 0.6 is 0 Å². The predicted molar refractivity (Wildman–Crippen MR) is 82.3 cm³/mol. The molecular weight excluding hydrogens is 296 g/mol. The van der Waals surface area contributed by atoms with Crippen LogP contribution in [-0.2, 0) is 4.79 Å². The predicted octanol–water partition coefficient (Wildman–Crippen LogP) is 2.01. The molecule has 118 valence electrons. The number of Topliss-reactive ketones (excluding diaryl/α,β-unsaturated/α-hetero) is 1. The largest absolute Gasteiger partial charge is 0.504 e. The van der Waals surface area contributed by atoms with Gasteiger partial charge in [-0.2, -0.15) is 10.1 Å². The highest BCUT2D eigenvalue weighted by molar-refractivity contribution is 5.99. The average Bonchev–Trinajstić information content (AvgIpc) is 3.01. The van der Waals surface area contributed by atoms with E-state index in [2.05, 4.69) is 15.4 Å². The summed E-state index contributed by atoms with van der Waals surface area (Å²) >= 11 is 0. The van der Waals surface area contributed by atoms with Crippen molar-refractivity contribution in [2.24, 2.45) is 0 Å². The van der Waals surface area contributed by atoms with Crippen molar-refractivity contribution in [3.8, 4) is 11.5 Å². The zero-order valence-electron chi connectivity index (χ0n) is 12.6. The minimum atomic E-state index is -0.381. The van der Waals surface area contributed by atoms with Gasteiger partial charge in [-0.3, -0.25) is 4.79 Å². The van der Waals surface area contributed by atoms with Gasteiger partial charge in [0.2, 0.25) is 5.95 Å². The van der Waals surface area contributed by atoms with Crippen molar-refractivity contribution in [3.63, 3.8) is 0 Å². The van der Waals surface area contributed by atoms with E-state index in [1.807, 2.05) is 6.07 Å². The highest BCUT2D eigenvalue weighted by Crippen LogP contribution is 2.41. The summed E-state index contributed by atoms with van der Waals surface area (Å²) in [7, 11) is 1.50. The molecule has 1 aliphatic carbocycles. The number of benzene rings is 1. The van der Waals surface area contributed by atoms with E-state index in [9.17, 15) is 9.90 Å². The quantitative estimate of drug-likeness (QED) is 0.882. The first-order valence-corrected chi connectivity index (χ1v) is 7.48. The van der Waals surface area contributed by atoms with Gasteiger partial charge in [-0.05, 0) is 30.5 Å². The van der Waals surface area contributed by atoms with E-state index < -0.39 is 0 Å². The molecular formula is C16H16N4O3. The fourth-order valence-electron chi connectivity index (χ4n) is 3.28. The van der Waals surface area contributed by atoms with E-state index in [1.54, 1.807) is 16.8 Å². The van der Waals surface area contributed by atoms with Crippen LogP contribution in [0.25, 0.3) is 0 Å². The lowest BCUT2D eigenvalue weighted by Gasteiger charge is -2.32. The normalized spacial score (nSPS) is 19.9. The van der Waals surface area contributed by atoms with Crippen LogP contribution in [-0.4, -0.2) is 32.8 Å². The molecule has 23 heavy (non-hydrogen) atoms. The lowest BCUT2D eigenvalue weighted by Crippen LogP contribution is -2.31. The second kappa shape index (κ2) is 5.12. The Bertz CT molecular complexity index is 824. The lowest BCUT2D eigenvalue weighted by atomic mass is 9.85. The molecule has 7 heteroatoms. The Morgan fingerprint density at radius 2 is 2.26 bits per heavy atom. The standard InChI is InChI=1S/C16H16N4O3/c1-23-13-6-5-9(7-12(13)22)15-14-10(3-2-4-11(14)21)19-16-17-8-18-20(15)16/h5-8,15,22H,2-4H2,1H3,(H,17,18,19)/t15-/m1/s1. The number of carbonyl (C=O) groups excluding carboxylic acids is 1. The van der Waals surface area contributed by atoms with Gasteiger partial charge in [-0.1, -0.05) is 6.07 Å². The monoisotopic (exact) mass is 312 g/mol. The number of ether oxygens (including phenoxy) is 1. The van der Waals surface area contributed by atoms with E-state index >= 15 is 0 Å². The third-order valence-electron chi connectivity index (χ3n) is 4.33. The maximum atomic E-state index is 12.5. The number of hydrogen-bond acceptors (Lipinski definition) is 6. The van der Waals surface area contributed by atoms with Crippen LogP contribution in [0.4, 0.5) is 5.95 Å². The molecule has 2 N–H and O–H groups in total. The Labute approximate surface area is 132 Å². The number of carbonyl (C=O) groups is 1. The van der Waals surface area contributed by atoms with E-state index in [4.69, 9.17) is 4.74 Å². The summed E-state index contributed by atoms with van der Waals surface area (Å²) in [5.74, 6) is 1.15. The molecule has 0 amide bonds. The molecule has 7 nitrogen and oxygen atoms in total. The first kappa shape index (κ1) is 13.8. The van der Waals surface area contributed by atoms with Crippen molar-refractivity contribution in [1.29, 1.82) is 0 Å². The SMILES string of the molecule is COc1ccc([C@@H]2C3=C(CCCC3=O)Nc3ncnn32)cc1O. The molecule has 0 unspecified atom stereocenters. The number of methoxy groups -OCH3 is 1. The number of phenolic OH excluding ortho intramolecular Hbond substituents is 1. The molecule has 1 aromatic carbocycles. The molecule has 1 aliphatic heterocycles. The summed E-state index contributed by atoms with van der Waals surface area (Å²) in [6, 6.07) is 4.77. The molecule has 2 aliphatic rings. The molecule has 1 atom stereocenters. The topological polar surface area (TPSA) is 89.3 Å². The number of phenols is 1. The van der Waals surface area contributed by atoms with E-state index in [-0.39, 0.29) is 17.6 Å². The minimum Gasteiger partial charge on any atom is -0.504 e. The number of aromatic hydroxyl groups is 1. The van der Waals surface area contributed by atoms with Gasteiger partial charge in [-0.25, -0.2) is 4.68 Å². The van der Waals surface area contributed by atoms with Crippen molar-refractivity contribution in [2.45, 2.75) is 25.3 Å². The number of rotatable bonds is 2. The zero-order valence-corrected chi connectivity index (χ0v) is 12.6. The zero-order chi connectivity index (χ0) is 16.0. The summed E-state index contributed by atoms with van der Waals surface area (Å²) in [6.45, 7) is 0. The second-order valence-corrected chi connectivity index (χ2v) is 5.66. The summed E-state index contributed by atoms with van der Waals surface area (Å²) in [5.41, 5.74) is 2.39. The van der Waals surface area contributed by atoms with Crippen LogP contribution in [0.5, 0.6) is 11.5 Å². The number of nitrogens with zero attached hydrogens (tertiary/aromatic N) is 3. The molecule has 0 saturated heterocycles. The Morgan fingerprint density at radius 3 is 3.04 bits per heavy atom. The van der Waals surface area contributed by atoms with Gasteiger partial charge < -0.3 is 15.2 Å². The highest BCUT2D eigenvalue weighted by Gasteiger charge is 2.36. The number of anilines is 1. The molecule has 2 aromatic rings. The average molecular weight is 312 g/mol. The van der Waals surface area contributed by atoms with Crippen molar-refractivity contribution >= 4 is 11.7 Å². The number of aromatic nitrogens is 3. The van der Waals surface area contributed by atoms with Crippen LogP contribution in [0.15, 0.2) is 35.8 Å². The van der Waals surface area contributed by atoms with Crippen LogP contribution < -0.4 is 10.1 Å². The first-order valence-electron chi connectivity index (χ1n) is 7.48. The summed E-state index contributed by atoms with van der Waals surface area (Å²) in [5, 5.41) is 17.6. The van der Waals surface area contributed by atoms with Crippen molar-refractivity contribution in [2.75, 3.05) is 12.4 Å². The van der Waals surface area contributed by atoms with Crippen molar-refractivity contribution in [1.82, 2.24) is 14.8 Å². The molecule has 0 fully saturated rings. The van der Waals surface area contributed by atoms with Gasteiger partial charge >= 0.3 is 0 Å². The first-order chi connectivity index (χ1) is 11.2. The molecule has 0 radical (unpaired) electrons. The fraction of sp³-hybridized carbons (Fsp3) is 0.312. The van der Waals surface area contributed by atoms with E-state index in [0.29, 0.717) is 23.7 Å². The molecule has 0 saturated carbocycles. The summed E-state index contributed by atoms with van der Waals surface area (Å²) < 4.78 is 6.78. The van der Waals surface area contributed by atoms with E-state index in [0.717, 1.165) is 24.1 Å². The minimum absolute atomic E-state index is 0.0376. The Hall–Kier alpha value is -2.83. The molecule has 1 aromatic heterocycles. The van der Waals surface area contributed by atoms with Crippen molar-refractivity contribution in [3.05, 3.63) is 41.4 Å². The fourth-order valence-corrected chi connectivity index (χ4v) is 3.28. The summed E-state index contributed by atoms with van der Waals surface area (Å²) in [6.07, 6.45) is 3.64. The van der Waals surface area contributed by atoms with Gasteiger partial charge in [0, 0.05) is 17.7 Å². The highest BCUT2D eigenvalue weighted by atomic mass is 16.5. The number of fused-ring (bicyclic) bond motifs is 1. The maximum absolute atomic E-state index is 12.5. The van der Waals surface area contributed by atoms with Crippen LogP contribution in [0, 0.1) is 0 Å². The number of allylic oxidation sites excluding steroid dienone is 2. The Balaban J connectivity index is 1.89. The van der Waals surface area contributed by atoms with Crippen LogP contribution in [0.2, 0.25) is 0 Å². The van der Waals surface area contributed by atoms with Gasteiger partial charge in [0.05, 0.1) is 7.11 Å².